The number of hydrogen-bond donors (Lipinski definition) is 1. The Morgan fingerprint density at radius 1 is 1.31 bits per heavy atom. The number of rotatable bonds is 2. The van der Waals surface area contributed by atoms with E-state index in [-0.39, 0.29) is 0 Å². The van der Waals surface area contributed by atoms with E-state index in [1.54, 1.807) is 0 Å². The Balaban J connectivity index is 2.43. The van der Waals surface area contributed by atoms with Gasteiger partial charge in [0, 0.05) is 0 Å². The molecule has 13 heavy (non-hydrogen) atoms. The first-order chi connectivity index (χ1) is 6.04. The highest BCUT2D eigenvalue weighted by molar-refractivity contribution is 7.78. The fourth-order valence-corrected chi connectivity index (χ4v) is 2.13. The molecule has 0 aromatic rings. The molecule has 0 saturated heterocycles. The summed E-state index contributed by atoms with van der Waals surface area (Å²) in [7, 11) is 0. The summed E-state index contributed by atoms with van der Waals surface area (Å²) in [5.41, 5.74) is -0.535. The van der Waals surface area contributed by atoms with Crippen molar-refractivity contribution in [3.63, 3.8) is 0 Å². The largest absolute Gasteiger partial charge is 0.390 e. The normalized spacial score (nSPS) is 29.5. The van der Waals surface area contributed by atoms with Crippen molar-refractivity contribution >= 4 is 17.4 Å². The van der Waals surface area contributed by atoms with E-state index in [0.29, 0.717) is 12.0 Å². The first-order valence-electron chi connectivity index (χ1n) is 4.83. The molecule has 0 spiro atoms. The average molecular weight is 199 g/mol. The summed E-state index contributed by atoms with van der Waals surface area (Å²) in [6.45, 7) is 3.78. The highest BCUT2D eigenvalue weighted by Crippen LogP contribution is 2.33. The minimum Gasteiger partial charge on any atom is -0.390 e. The van der Waals surface area contributed by atoms with E-state index < -0.39 is 5.60 Å². The second-order valence-electron chi connectivity index (χ2n) is 4.38. The average Bonchev–Trinajstić information content (AvgIpc) is 2.04. The van der Waals surface area contributed by atoms with Gasteiger partial charge < -0.3 is 5.11 Å². The summed E-state index contributed by atoms with van der Waals surface area (Å²) in [6.07, 6.45) is 4.18. The lowest BCUT2D eigenvalue weighted by molar-refractivity contribution is -0.00104. The van der Waals surface area contributed by atoms with Crippen LogP contribution in [0.15, 0.2) is 4.99 Å². The quantitative estimate of drug-likeness (QED) is 0.547. The molecule has 0 unspecified atom stereocenters. The second kappa shape index (κ2) is 4.32. The van der Waals surface area contributed by atoms with Crippen molar-refractivity contribution in [1.82, 2.24) is 0 Å². The topological polar surface area (TPSA) is 32.6 Å². The molecule has 1 N–H and O–H groups in total. The molecule has 74 valence electrons. The van der Waals surface area contributed by atoms with E-state index in [0.717, 1.165) is 25.7 Å². The van der Waals surface area contributed by atoms with Crippen LogP contribution in [0, 0.1) is 5.92 Å². The lowest BCUT2D eigenvalue weighted by Crippen LogP contribution is -2.34. The first kappa shape index (κ1) is 10.8. The SMILES string of the molecule is CC(C)(O)[C@H]1CC[C@H](N=C=S)CC1. The highest BCUT2D eigenvalue weighted by Gasteiger charge is 2.30. The third kappa shape index (κ3) is 3.18. The molecular weight excluding hydrogens is 182 g/mol. The van der Waals surface area contributed by atoms with Gasteiger partial charge in [0.05, 0.1) is 16.8 Å². The molecule has 2 nitrogen and oxygen atoms in total. The van der Waals surface area contributed by atoms with Gasteiger partial charge in [-0.1, -0.05) is 0 Å². The van der Waals surface area contributed by atoms with Gasteiger partial charge in [-0.3, -0.25) is 0 Å². The van der Waals surface area contributed by atoms with Crippen molar-refractivity contribution < 1.29 is 5.11 Å². The van der Waals surface area contributed by atoms with Gasteiger partial charge in [-0.05, 0) is 57.7 Å². The molecule has 1 saturated carbocycles. The van der Waals surface area contributed by atoms with E-state index in [1.165, 1.54) is 0 Å². The summed E-state index contributed by atoms with van der Waals surface area (Å²) in [6, 6.07) is 0.357. The van der Waals surface area contributed by atoms with Crippen LogP contribution in [-0.2, 0) is 0 Å². The Morgan fingerprint density at radius 2 is 1.85 bits per heavy atom. The second-order valence-corrected chi connectivity index (χ2v) is 4.56. The molecule has 0 aromatic heterocycles. The van der Waals surface area contributed by atoms with Gasteiger partial charge in [0.1, 0.15) is 0 Å². The van der Waals surface area contributed by atoms with Crippen molar-refractivity contribution in [3.05, 3.63) is 0 Å². The summed E-state index contributed by atoms with van der Waals surface area (Å²) in [4.78, 5) is 4.08. The van der Waals surface area contributed by atoms with E-state index >= 15 is 0 Å². The molecular formula is C10H17NOS. The van der Waals surface area contributed by atoms with Crippen molar-refractivity contribution in [1.29, 1.82) is 0 Å². The zero-order valence-electron chi connectivity index (χ0n) is 8.29. The maximum atomic E-state index is 9.79. The summed E-state index contributed by atoms with van der Waals surface area (Å²) in [5.74, 6) is 0.420. The highest BCUT2D eigenvalue weighted by atomic mass is 32.1. The van der Waals surface area contributed by atoms with Crippen LogP contribution in [0.25, 0.3) is 0 Å². The van der Waals surface area contributed by atoms with Crippen LogP contribution in [0.2, 0.25) is 0 Å². The molecule has 1 fully saturated rings. The van der Waals surface area contributed by atoms with E-state index in [9.17, 15) is 5.11 Å². The number of hydrogen-bond acceptors (Lipinski definition) is 3. The predicted octanol–water partition coefficient (Wildman–Crippen LogP) is 2.42. The van der Waals surface area contributed by atoms with Crippen LogP contribution >= 0.6 is 12.2 Å². The number of thiocarbonyl (C=S) groups is 1. The van der Waals surface area contributed by atoms with E-state index in [2.05, 4.69) is 22.4 Å². The van der Waals surface area contributed by atoms with Crippen LogP contribution in [0.4, 0.5) is 0 Å². The Labute approximate surface area is 85.1 Å². The molecule has 0 amide bonds. The lowest BCUT2D eigenvalue weighted by Gasteiger charge is -2.34. The molecule has 1 aliphatic carbocycles. The van der Waals surface area contributed by atoms with Crippen LogP contribution in [0.1, 0.15) is 39.5 Å². The van der Waals surface area contributed by atoms with Gasteiger partial charge in [0.2, 0.25) is 0 Å². The third-order valence-electron chi connectivity index (χ3n) is 2.93. The van der Waals surface area contributed by atoms with Crippen molar-refractivity contribution in [3.8, 4) is 0 Å². The molecule has 0 heterocycles. The number of aliphatic imine (C=N–C) groups is 1. The molecule has 0 aliphatic heterocycles. The van der Waals surface area contributed by atoms with Gasteiger partial charge in [0.25, 0.3) is 0 Å². The maximum Gasteiger partial charge on any atom is 0.0619 e. The Bertz CT molecular complexity index is 207. The number of aliphatic hydroxyl groups is 1. The summed E-state index contributed by atoms with van der Waals surface area (Å²) in [5, 5.41) is 12.2. The standard InChI is InChI=1S/C10H17NOS/c1-10(2,12)8-3-5-9(6-4-8)11-7-13/h8-9,12H,3-6H2,1-2H3/t8-,9-. The number of nitrogens with zero attached hydrogens (tertiary/aromatic N) is 1. The molecule has 0 bridgehead atoms. The summed E-state index contributed by atoms with van der Waals surface area (Å²) < 4.78 is 0. The van der Waals surface area contributed by atoms with Gasteiger partial charge in [0.15, 0.2) is 0 Å². The fourth-order valence-electron chi connectivity index (χ4n) is 1.99. The van der Waals surface area contributed by atoms with Crippen molar-refractivity contribution in [2.24, 2.45) is 10.9 Å². The smallest absolute Gasteiger partial charge is 0.0619 e. The molecule has 0 atom stereocenters. The van der Waals surface area contributed by atoms with Gasteiger partial charge in [-0.25, -0.2) is 4.99 Å². The summed E-state index contributed by atoms with van der Waals surface area (Å²) >= 11 is 4.57. The molecule has 0 aromatic carbocycles. The van der Waals surface area contributed by atoms with Gasteiger partial charge in [-0.2, -0.15) is 0 Å². The predicted molar refractivity (Wildman–Crippen MR) is 57.1 cm³/mol. The van der Waals surface area contributed by atoms with Crippen molar-refractivity contribution in [2.75, 3.05) is 0 Å². The maximum absolute atomic E-state index is 9.79. The van der Waals surface area contributed by atoms with Crippen LogP contribution in [0.3, 0.4) is 0 Å². The van der Waals surface area contributed by atoms with Crippen LogP contribution < -0.4 is 0 Å². The monoisotopic (exact) mass is 199 g/mol. The zero-order valence-corrected chi connectivity index (χ0v) is 9.10. The van der Waals surface area contributed by atoms with Crippen LogP contribution in [0.5, 0.6) is 0 Å². The third-order valence-corrected chi connectivity index (χ3v) is 3.04. The fraction of sp³-hybridized carbons (Fsp3) is 0.900. The Hall–Kier alpha value is -0.240. The van der Waals surface area contributed by atoms with E-state index in [4.69, 9.17) is 0 Å². The lowest BCUT2D eigenvalue weighted by atomic mass is 9.77. The van der Waals surface area contributed by atoms with Crippen molar-refractivity contribution in [2.45, 2.75) is 51.2 Å². The Morgan fingerprint density at radius 3 is 2.23 bits per heavy atom. The minimum atomic E-state index is -0.535. The molecule has 3 heteroatoms. The van der Waals surface area contributed by atoms with E-state index in [1.807, 2.05) is 13.8 Å². The minimum absolute atomic E-state index is 0.357. The first-order valence-corrected chi connectivity index (χ1v) is 5.24. The van der Waals surface area contributed by atoms with Gasteiger partial charge in [-0.15, -0.1) is 0 Å². The Kier molecular flexibility index (Phi) is 3.60. The zero-order chi connectivity index (χ0) is 9.90. The molecule has 0 radical (unpaired) electrons. The molecule has 1 aliphatic rings. The van der Waals surface area contributed by atoms with Gasteiger partial charge >= 0.3 is 0 Å². The number of isothiocyanates is 1. The molecule has 1 rings (SSSR count). The van der Waals surface area contributed by atoms with Crippen LogP contribution in [-0.4, -0.2) is 21.9 Å².